The van der Waals surface area contributed by atoms with Gasteiger partial charge in [-0.05, 0) is 0 Å². The van der Waals surface area contributed by atoms with Gasteiger partial charge in [0.15, 0.2) is 0 Å². The zero-order chi connectivity index (χ0) is 9.07. The molecule has 0 unspecified atom stereocenters. The van der Waals surface area contributed by atoms with E-state index in [-0.39, 0.29) is 0 Å². The van der Waals surface area contributed by atoms with Crippen LogP contribution in [0, 0.1) is 48.5 Å². The van der Waals surface area contributed by atoms with Crippen LogP contribution in [-0.2, 0) is 23.5 Å². The first kappa shape index (κ1) is 11.9. The van der Waals surface area contributed by atoms with Crippen LogP contribution in [0.3, 0.4) is 0 Å². The van der Waals surface area contributed by atoms with Crippen LogP contribution in [0.15, 0.2) is 12.1 Å². The number of halogens is 1. The van der Waals surface area contributed by atoms with Crippen molar-refractivity contribution in [2.45, 2.75) is 0 Å². The van der Waals surface area contributed by atoms with Gasteiger partial charge in [-0.2, -0.15) is 0 Å². The summed E-state index contributed by atoms with van der Waals surface area (Å²) in [6.07, 6.45) is 0. The first-order valence-corrected chi connectivity index (χ1v) is 6.53. The molecule has 0 amide bonds. The summed E-state index contributed by atoms with van der Waals surface area (Å²) < 4.78 is 0. The van der Waals surface area contributed by atoms with Crippen molar-refractivity contribution in [3.8, 4) is 0 Å². The largest absolute Gasteiger partial charge is 0.999 e. The number of hydrogen-bond acceptors (Lipinski definition) is 0. The van der Waals surface area contributed by atoms with Crippen molar-refractivity contribution in [1.82, 2.24) is 0 Å². The Balaban J connectivity index is 0.000000168. The van der Waals surface area contributed by atoms with Crippen molar-refractivity contribution < 1.29 is 23.5 Å². The van der Waals surface area contributed by atoms with Crippen molar-refractivity contribution in [2.24, 2.45) is 0 Å². The molecule has 2 rings (SSSR count). The SMILES string of the molecule is [Cl][ZrH].[c-]1[c-][c-][cH-][c-]1.[c-]1[c-][c-][cH-][c-]1. The zero-order valence-corrected chi connectivity index (χ0v) is 9.70. The molecule has 0 nitrogen and oxygen atoms in total. The molecule has 0 atom stereocenters. The molecule has 0 saturated carbocycles. The molecule has 0 radical (unpaired) electrons. The zero-order valence-electron chi connectivity index (χ0n) is 6.11. The predicted molar refractivity (Wildman–Crippen MR) is 42.0 cm³/mol. The fraction of sp³-hybridized carbons (Fsp3) is 0. The van der Waals surface area contributed by atoms with Gasteiger partial charge in [0, 0.05) is 0 Å². The van der Waals surface area contributed by atoms with Crippen LogP contribution in [0.5, 0.6) is 0 Å². The molecule has 0 fully saturated rings. The second-order valence-electron chi connectivity index (χ2n) is 1.37. The normalized spacial score (nSPS) is 7.08. The Morgan fingerprint density at radius 1 is 0.667 bits per heavy atom. The molecule has 0 aliphatic carbocycles. The summed E-state index contributed by atoms with van der Waals surface area (Å²) in [5, 5.41) is 0. The first-order valence-electron chi connectivity index (χ1n) is 2.87. The van der Waals surface area contributed by atoms with Crippen LogP contribution in [0.1, 0.15) is 0 Å². The molecule has 0 aromatic heterocycles. The molecule has 2 heteroatoms. The van der Waals surface area contributed by atoms with Crippen LogP contribution < -0.4 is 0 Å². The fourth-order valence-electron chi connectivity index (χ4n) is 0.361. The number of hydrogen-bond donors (Lipinski definition) is 0. The minimum Gasteiger partial charge on any atom is -0.999 e. The maximum Gasteiger partial charge on any atom is -0.800 e. The third-order valence-electron chi connectivity index (χ3n) is 0.702. The Bertz CT molecular complexity index is 149. The van der Waals surface area contributed by atoms with Crippen LogP contribution in [0.2, 0.25) is 0 Å². The molecule has 64 valence electrons. The summed E-state index contributed by atoms with van der Waals surface area (Å²) >= 11 is 0.822. The monoisotopic (exact) mass is 248 g/mol. The Labute approximate surface area is 92.3 Å². The van der Waals surface area contributed by atoms with Gasteiger partial charge in [-0.25, -0.2) is 0 Å². The smallest absolute Gasteiger partial charge is 0.800 e. The van der Waals surface area contributed by atoms with E-state index in [9.17, 15) is 0 Å². The quantitative estimate of drug-likeness (QED) is 0.623. The van der Waals surface area contributed by atoms with E-state index in [0.29, 0.717) is 0 Å². The van der Waals surface area contributed by atoms with Gasteiger partial charge in [0.25, 0.3) is 0 Å². The van der Waals surface area contributed by atoms with Gasteiger partial charge in [0.2, 0.25) is 0 Å². The van der Waals surface area contributed by atoms with Gasteiger partial charge in [0.05, 0.1) is 0 Å². The first-order chi connectivity index (χ1) is 6.00. The second kappa shape index (κ2) is 10.9. The summed E-state index contributed by atoms with van der Waals surface area (Å²) in [7, 11) is 4.77. The summed E-state index contributed by atoms with van der Waals surface area (Å²) in [6.45, 7) is 0. The molecule has 12 heavy (non-hydrogen) atoms. The molecule has 0 saturated heterocycles. The summed E-state index contributed by atoms with van der Waals surface area (Å²) in [5.74, 6) is 0. The van der Waals surface area contributed by atoms with E-state index in [4.69, 9.17) is 8.51 Å². The van der Waals surface area contributed by atoms with Gasteiger partial charge in [-0.15, -0.1) is 0 Å². The van der Waals surface area contributed by atoms with E-state index in [1.165, 1.54) is 0 Å². The van der Waals surface area contributed by atoms with E-state index in [0.717, 1.165) is 23.5 Å². The van der Waals surface area contributed by atoms with Crippen LogP contribution in [0.4, 0.5) is 0 Å². The van der Waals surface area contributed by atoms with Crippen molar-refractivity contribution in [3.05, 3.63) is 60.7 Å². The average Bonchev–Trinajstić information content (AvgIpc) is 2.87. The molecule has 0 bridgehead atoms. The van der Waals surface area contributed by atoms with Gasteiger partial charge in [-0.1, -0.05) is 0 Å². The Hall–Kier alpha value is -0.127. The summed E-state index contributed by atoms with van der Waals surface area (Å²) in [6, 6.07) is 24.0. The Morgan fingerprint density at radius 2 is 0.917 bits per heavy atom. The molecular weight excluding hydrogens is 247 g/mol. The van der Waals surface area contributed by atoms with E-state index >= 15 is 0 Å². The molecule has 0 N–H and O–H groups in total. The van der Waals surface area contributed by atoms with Crippen molar-refractivity contribution in [3.63, 3.8) is 0 Å². The maximum absolute atomic E-state index is 4.77. The van der Waals surface area contributed by atoms with E-state index in [1.807, 2.05) is 0 Å². The van der Waals surface area contributed by atoms with Crippen LogP contribution in [0.25, 0.3) is 0 Å². The molecule has 2 aromatic rings. The molecule has 0 heterocycles. The minimum absolute atomic E-state index is 0.822. The maximum atomic E-state index is 4.77. The minimum atomic E-state index is 0.822. The molecule has 0 spiro atoms. The van der Waals surface area contributed by atoms with E-state index < -0.39 is 0 Å². The van der Waals surface area contributed by atoms with Gasteiger partial charge in [-0.3, -0.25) is 0 Å². The van der Waals surface area contributed by atoms with Crippen molar-refractivity contribution in [1.29, 1.82) is 0 Å². The molecule has 2 aromatic carbocycles. The molecular formula is C10H3ClZr-10. The van der Waals surface area contributed by atoms with Crippen molar-refractivity contribution in [2.75, 3.05) is 0 Å². The van der Waals surface area contributed by atoms with Gasteiger partial charge >= 0.3 is 32.0 Å². The Morgan fingerprint density at radius 3 is 1.00 bits per heavy atom. The van der Waals surface area contributed by atoms with Gasteiger partial charge < -0.3 is 60.7 Å². The summed E-state index contributed by atoms with van der Waals surface area (Å²) in [5.41, 5.74) is 0. The van der Waals surface area contributed by atoms with Crippen molar-refractivity contribution >= 4 is 8.51 Å². The predicted octanol–water partition coefficient (Wildman–Crippen LogP) is 1.63. The third-order valence-corrected chi connectivity index (χ3v) is 0.702. The average molecular weight is 250 g/mol. The van der Waals surface area contributed by atoms with E-state index in [1.54, 1.807) is 12.1 Å². The molecule has 0 aliphatic rings. The van der Waals surface area contributed by atoms with Crippen LogP contribution >= 0.6 is 8.51 Å². The third kappa shape index (κ3) is 7.97. The standard InChI is InChI=1S/2C5H.ClH.Zr.H/c2*1-2-4-5-3-1;;;/h2*1H;1H;;/q2*-5;;+1;/p-1. The molecule has 0 aliphatic heterocycles. The Kier molecular flexibility index (Phi) is 10.8. The van der Waals surface area contributed by atoms with Crippen LogP contribution in [-0.4, -0.2) is 0 Å². The summed E-state index contributed by atoms with van der Waals surface area (Å²) in [4.78, 5) is 0. The van der Waals surface area contributed by atoms with Gasteiger partial charge in [0.1, 0.15) is 0 Å². The second-order valence-corrected chi connectivity index (χ2v) is 1.37. The van der Waals surface area contributed by atoms with E-state index in [2.05, 4.69) is 48.5 Å². The fourth-order valence-corrected chi connectivity index (χ4v) is 0.361. The topological polar surface area (TPSA) is 0 Å². The number of rotatable bonds is 0.